The highest BCUT2D eigenvalue weighted by molar-refractivity contribution is 5.78. The summed E-state index contributed by atoms with van der Waals surface area (Å²) in [6.07, 6.45) is 7.99. The minimum absolute atomic E-state index is 0.282. The molecular formula is C20H20FN3O. The maximum atomic E-state index is 13.3. The molecular weight excluding hydrogens is 317 g/mol. The zero-order chi connectivity index (χ0) is 17.3. The van der Waals surface area contributed by atoms with Crippen LogP contribution in [-0.2, 0) is 5.60 Å². The summed E-state index contributed by atoms with van der Waals surface area (Å²) >= 11 is 0. The molecule has 3 aromatic rings. The predicted molar refractivity (Wildman–Crippen MR) is 94.2 cm³/mol. The fourth-order valence-corrected chi connectivity index (χ4v) is 3.51. The Morgan fingerprint density at radius 1 is 0.920 bits per heavy atom. The van der Waals surface area contributed by atoms with Crippen molar-refractivity contribution in [2.75, 3.05) is 0 Å². The first-order valence-corrected chi connectivity index (χ1v) is 8.65. The van der Waals surface area contributed by atoms with Crippen LogP contribution in [0.3, 0.4) is 0 Å². The largest absolute Gasteiger partial charge is 0.382 e. The predicted octanol–water partition coefficient (Wildman–Crippen LogP) is 4.43. The van der Waals surface area contributed by atoms with Gasteiger partial charge in [0.15, 0.2) is 0 Å². The smallest absolute Gasteiger partial charge is 0.139 e. The monoisotopic (exact) mass is 337 g/mol. The minimum Gasteiger partial charge on any atom is -0.382 e. The fourth-order valence-electron chi connectivity index (χ4n) is 3.51. The highest BCUT2D eigenvalue weighted by atomic mass is 19.1. The molecule has 0 saturated heterocycles. The number of pyridine rings is 1. The lowest BCUT2D eigenvalue weighted by Gasteiger charge is -2.29. The molecule has 2 aromatic heterocycles. The summed E-state index contributed by atoms with van der Waals surface area (Å²) in [5, 5.41) is 11.1. The van der Waals surface area contributed by atoms with Gasteiger partial charge in [0.2, 0.25) is 0 Å². The Bertz CT molecular complexity index is 852. The number of aliphatic hydroxyl groups is 1. The minimum atomic E-state index is -0.918. The average molecular weight is 337 g/mol. The second kappa shape index (κ2) is 6.41. The summed E-state index contributed by atoms with van der Waals surface area (Å²) in [7, 11) is 0. The van der Waals surface area contributed by atoms with E-state index < -0.39 is 5.60 Å². The van der Waals surface area contributed by atoms with Gasteiger partial charge in [-0.2, -0.15) is 0 Å². The van der Waals surface area contributed by atoms with Gasteiger partial charge in [-0.1, -0.05) is 19.3 Å². The highest BCUT2D eigenvalue weighted by Gasteiger charge is 2.35. The Hall–Kier alpha value is -2.53. The number of hydrogen-bond acceptors (Lipinski definition) is 3. The number of aromatic amines is 1. The van der Waals surface area contributed by atoms with Crippen LogP contribution in [0.4, 0.5) is 4.39 Å². The van der Waals surface area contributed by atoms with Crippen LogP contribution in [0.5, 0.6) is 0 Å². The number of aromatic nitrogens is 3. The van der Waals surface area contributed by atoms with Gasteiger partial charge in [-0.05, 0) is 49.2 Å². The van der Waals surface area contributed by atoms with Gasteiger partial charge in [0.25, 0.3) is 0 Å². The molecule has 1 aliphatic rings. The molecule has 2 N–H and O–H groups in total. The summed E-state index contributed by atoms with van der Waals surface area (Å²) in [5.41, 5.74) is 2.38. The Kier molecular flexibility index (Phi) is 4.09. The third-order valence-corrected chi connectivity index (χ3v) is 4.91. The van der Waals surface area contributed by atoms with Crippen LogP contribution in [-0.4, -0.2) is 20.1 Å². The van der Waals surface area contributed by atoms with E-state index in [1.807, 2.05) is 12.1 Å². The molecule has 0 amide bonds. The van der Waals surface area contributed by atoms with Crippen LogP contribution in [0.1, 0.15) is 37.9 Å². The van der Waals surface area contributed by atoms with E-state index in [9.17, 15) is 9.50 Å². The molecule has 4 rings (SSSR count). The van der Waals surface area contributed by atoms with Crippen molar-refractivity contribution in [2.45, 2.75) is 37.7 Å². The van der Waals surface area contributed by atoms with Crippen molar-refractivity contribution >= 4 is 0 Å². The van der Waals surface area contributed by atoms with Gasteiger partial charge in [0.1, 0.15) is 17.2 Å². The third kappa shape index (κ3) is 3.07. The van der Waals surface area contributed by atoms with E-state index in [0.29, 0.717) is 18.7 Å². The molecule has 5 heteroatoms. The molecule has 25 heavy (non-hydrogen) atoms. The zero-order valence-electron chi connectivity index (χ0n) is 13.9. The van der Waals surface area contributed by atoms with E-state index in [0.717, 1.165) is 41.8 Å². The van der Waals surface area contributed by atoms with Gasteiger partial charge < -0.3 is 10.1 Å². The van der Waals surface area contributed by atoms with E-state index in [1.54, 1.807) is 24.5 Å². The van der Waals surface area contributed by atoms with Crippen LogP contribution < -0.4 is 0 Å². The Morgan fingerprint density at radius 3 is 2.28 bits per heavy atom. The number of halogens is 1. The first-order chi connectivity index (χ1) is 12.2. The SMILES string of the molecule is OC1(c2nc(-c3ccc(F)cc3)c(-c3ccncc3)[nH]2)CCCCC1. The van der Waals surface area contributed by atoms with E-state index >= 15 is 0 Å². The molecule has 128 valence electrons. The molecule has 0 bridgehead atoms. The molecule has 1 aliphatic carbocycles. The van der Waals surface area contributed by atoms with Crippen LogP contribution in [0.2, 0.25) is 0 Å². The van der Waals surface area contributed by atoms with Crippen molar-refractivity contribution < 1.29 is 9.50 Å². The Labute approximate surface area is 145 Å². The van der Waals surface area contributed by atoms with Crippen molar-refractivity contribution in [3.8, 4) is 22.5 Å². The standard InChI is InChI=1S/C20H20FN3O/c21-16-6-4-14(5-7-16)17-18(15-8-12-22-13-9-15)24-19(23-17)20(25)10-2-1-3-11-20/h4-9,12-13,25H,1-3,10-11H2,(H,23,24). The summed E-state index contributed by atoms with van der Waals surface area (Å²) in [6.45, 7) is 0. The quantitative estimate of drug-likeness (QED) is 0.743. The number of rotatable bonds is 3. The molecule has 0 unspecified atom stereocenters. The van der Waals surface area contributed by atoms with Gasteiger partial charge in [0, 0.05) is 23.5 Å². The zero-order valence-corrected chi connectivity index (χ0v) is 13.9. The first kappa shape index (κ1) is 16.0. The molecule has 0 radical (unpaired) electrons. The molecule has 0 atom stereocenters. The van der Waals surface area contributed by atoms with Crippen LogP contribution in [0.15, 0.2) is 48.8 Å². The molecule has 1 saturated carbocycles. The van der Waals surface area contributed by atoms with Crippen LogP contribution in [0.25, 0.3) is 22.5 Å². The van der Waals surface area contributed by atoms with Crippen molar-refractivity contribution in [1.29, 1.82) is 0 Å². The topological polar surface area (TPSA) is 61.8 Å². The number of benzene rings is 1. The Balaban J connectivity index is 1.85. The van der Waals surface area contributed by atoms with Gasteiger partial charge in [-0.25, -0.2) is 9.37 Å². The average Bonchev–Trinajstić information content (AvgIpc) is 3.10. The maximum absolute atomic E-state index is 13.3. The molecule has 0 aliphatic heterocycles. The number of nitrogens with zero attached hydrogens (tertiary/aromatic N) is 2. The second-order valence-electron chi connectivity index (χ2n) is 6.64. The summed E-state index contributed by atoms with van der Waals surface area (Å²) < 4.78 is 13.3. The number of H-pyrrole nitrogens is 1. The van der Waals surface area contributed by atoms with Crippen molar-refractivity contribution in [2.24, 2.45) is 0 Å². The molecule has 0 spiro atoms. The molecule has 1 fully saturated rings. The lowest BCUT2D eigenvalue weighted by Crippen LogP contribution is -2.29. The third-order valence-electron chi connectivity index (χ3n) is 4.91. The Morgan fingerprint density at radius 2 is 1.60 bits per heavy atom. The van der Waals surface area contributed by atoms with Crippen molar-refractivity contribution in [3.63, 3.8) is 0 Å². The van der Waals surface area contributed by atoms with Crippen LogP contribution in [0, 0.1) is 5.82 Å². The second-order valence-corrected chi connectivity index (χ2v) is 6.64. The van der Waals surface area contributed by atoms with Crippen molar-refractivity contribution in [3.05, 3.63) is 60.4 Å². The summed E-state index contributed by atoms with van der Waals surface area (Å²) in [4.78, 5) is 12.1. The highest BCUT2D eigenvalue weighted by Crippen LogP contribution is 2.39. The van der Waals surface area contributed by atoms with Gasteiger partial charge in [-0.3, -0.25) is 4.98 Å². The number of hydrogen-bond donors (Lipinski definition) is 2. The van der Waals surface area contributed by atoms with E-state index in [4.69, 9.17) is 4.98 Å². The van der Waals surface area contributed by atoms with Gasteiger partial charge in [0.05, 0.1) is 11.4 Å². The van der Waals surface area contributed by atoms with Gasteiger partial charge >= 0.3 is 0 Å². The number of nitrogens with one attached hydrogen (secondary N) is 1. The van der Waals surface area contributed by atoms with E-state index in [2.05, 4.69) is 9.97 Å². The normalized spacial score (nSPS) is 16.7. The van der Waals surface area contributed by atoms with Crippen LogP contribution >= 0.6 is 0 Å². The summed E-state index contributed by atoms with van der Waals surface area (Å²) in [5.74, 6) is 0.314. The lowest BCUT2D eigenvalue weighted by atomic mass is 9.84. The van der Waals surface area contributed by atoms with Crippen molar-refractivity contribution in [1.82, 2.24) is 15.0 Å². The van der Waals surface area contributed by atoms with E-state index in [1.165, 1.54) is 12.1 Å². The molecule has 4 nitrogen and oxygen atoms in total. The lowest BCUT2D eigenvalue weighted by molar-refractivity contribution is -0.00808. The van der Waals surface area contributed by atoms with E-state index in [-0.39, 0.29) is 5.82 Å². The first-order valence-electron chi connectivity index (χ1n) is 8.65. The molecule has 2 heterocycles. The maximum Gasteiger partial charge on any atom is 0.139 e. The van der Waals surface area contributed by atoms with Gasteiger partial charge in [-0.15, -0.1) is 0 Å². The number of imidazole rings is 1. The fraction of sp³-hybridized carbons (Fsp3) is 0.300. The molecule has 1 aromatic carbocycles. The summed E-state index contributed by atoms with van der Waals surface area (Å²) in [6, 6.07) is 10.1.